The van der Waals surface area contributed by atoms with Gasteiger partial charge in [-0.05, 0) is 32.7 Å². The van der Waals surface area contributed by atoms with E-state index >= 15 is 0 Å². The van der Waals surface area contributed by atoms with Gasteiger partial charge in [0.05, 0.1) is 6.61 Å². The van der Waals surface area contributed by atoms with Gasteiger partial charge < -0.3 is 10.5 Å². The number of hydrogen-bond acceptors (Lipinski definition) is 3. The van der Waals surface area contributed by atoms with Gasteiger partial charge in [-0.15, -0.1) is 0 Å². The third kappa shape index (κ3) is 2.66. The first-order valence-corrected chi connectivity index (χ1v) is 5.04. The second kappa shape index (κ2) is 4.40. The fraction of sp³-hybridized carbons (Fsp3) is 1.00. The van der Waals surface area contributed by atoms with E-state index in [0.29, 0.717) is 5.92 Å². The highest BCUT2D eigenvalue weighted by molar-refractivity contribution is 4.88. The van der Waals surface area contributed by atoms with Crippen molar-refractivity contribution in [2.45, 2.75) is 25.8 Å². The minimum Gasteiger partial charge on any atom is -0.384 e. The van der Waals surface area contributed by atoms with Gasteiger partial charge in [0.1, 0.15) is 0 Å². The molecule has 1 aliphatic rings. The van der Waals surface area contributed by atoms with E-state index in [-0.39, 0.29) is 5.54 Å². The third-order valence-corrected chi connectivity index (χ3v) is 3.04. The van der Waals surface area contributed by atoms with E-state index in [1.807, 2.05) is 0 Å². The normalized spacial score (nSPS) is 25.4. The smallest absolute Gasteiger partial charge is 0.0503 e. The van der Waals surface area contributed by atoms with Crippen LogP contribution in [0.2, 0.25) is 0 Å². The summed E-state index contributed by atoms with van der Waals surface area (Å²) in [5.41, 5.74) is 5.89. The second-order valence-corrected chi connectivity index (χ2v) is 4.57. The van der Waals surface area contributed by atoms with Crippen molar-refractivity contribution in [1.82, 2.24) is 4.90 Å². The molecule has 78 valence electrons. The molecule has 0 aromatic rings. The number of likely N-dealkylation sites (tertiary alicyclic amines) is 1. The average Bonchev–Trinajstić information content (AvgIpc) is 2.54. The zero-order chi connectivity index (χ0) is 9.90. The van der Waals surface area contributed by atoms with Crippen LogP contribution in [0.4, 0.5) is 0 Å². The van der Waals surface area contributed by atoms with Gasteiger partial charge in [-0.25, -0.2) is 0 Å². The number of nitrogens with two attached hydrogens (primary N) is 1. The zero-order valence-corrected chi connectivity index (χ0v) is 9.05. The Bertz CT molecular complexity index is 159. The quantitative estimate of drug-likeness (QED) is 0.702. The summed E-state index contributed by atoms with van der Waals surface area (Å²) in [5, 5.41) is 0. The Balaban J connectivity index is 2.40. The van der Waals surface area contributed by atoms with Gasteiger partial charge in [0.25, 0.3) is 0 Å². The van der Waals surface area contributed by atoms with Crippen LogP contribution in [0.25, 0.3) is 0 Å². The summed E-state index contributed by atoms with van der Waals surface area (Å²) < 4.78 is 5.16. The van der Waals surface area contributed by atoms with E-state index in [1.54, 1.807) is 7.11 Å². The van der Waals surface area contributed by atoms with Crippen LogP contribution in [-0.4, -0.2) is 43.8 Å². The molecule has 0 aliphatic carbocycles. The van der Waals surface area contributed by atoms with Crippen molar-refractivity contribution >= 4 is 0 Å². The molecule has 3 nitrogen and oxygen atoms in total. The molecule has 0 aromatic heterocycles. The third-order valence-electron chi connectivity index (χ3n) is 3.04. The number of nitrogens with zero attached hydrogens (tertiary/aromatic N) is 1. The summed E-state index contributed by atoms with van der Waals surface area (Å²) in [6.45, 7) is 8.34. The zero-order valence-electron chi connectivity index (χ0n) is 9.05. The van der Waals surface area contributed by atoms with Gasteiger partial charge in [0.2, 0.25) is 0 Å². The lowest BCUT2D eigenvalue weighted by Crippen LogP contribution is -2.48. The minimum absolute atomic E-state index is 0.155. The second-order valence-electron chi connectivity index (χ2n) is 4.57. The van der Waals surface area contributed by atoms with Crippen LogP contribution in [-0.2, 0) is 4.74 Å². The Morgan fingerprint density at radius 1 is 1.54 bits per heavy atom. The number of methoxy groups -OCH3 is 1. The molecule has 1 atom stereocenters. The molecule has 13 heavy (non-hydrogen) atoms. The summed E-state index contributed by atoms with van der Waals surface area (Å²) in [7, 11) is 1.77. The molecule has 2 N–H and O–H groups in total. The van der Waals surface area contributed by atoms with Crippen molar-refractivity contribution in [3.63, 3.8) is 0 Å². The van der Waals surface area contributed by atoms with E-state index in [2.05, 4.69) is 18.7 Å². The first-order valence-electron chi connectivity index (χ1n) is 5.04. The monoisotopic (exact) mass is 186 g/mol. The van der Waals surface area contributed by atoms with Gasteiger partial charge >= 0.3 is 0 Å². The van der Waals surface area contributed by atoms with Crippen LogP contribution in [0.1, 0.15) is 20.3 Å². The maximum atomic E-state index is 5.73. The van der Waals surface area contributed by atoms with Crippen molar-refractivity contribution in [2.75, 3.05) is 33.4 Å². The largest absolute Gasteiger partial charge is 0.384 e. The number of ether oxygens (including phenoxy) is 1. The first kappa shape index (κ1) is 11.0. The van der Waals surface area contributed by atoms with Crippen LogP contribution in [0.15, 0.2) is 0 Å². The standard InChI is InChI=1S/C10H22N2O/c1-10(2,8-11)12-5-4-9(6-12)7-13-3/h9H,4-8,11H2,1-3H3. The van der Waals surface area contributed by atoms with Gasteiger partial charge in [0, 0.05) is 25.7 Å². The predicted octanol–water partition coefficient (Wildman–Crippen LogP) is 0.692. The molecule has 1 unspecified atom stereocenters. The SMILES string of the molecule is COCC1CCN(C(C)(C)CN)C1. The lowest BCUT2D eigenvalue weighted by Gasteiger charge is -2.34. The van der Waals surface area contributed by atoms with E-state index < -0.39 is 0 Å². The average molecular weight is 186 g/mol. The van der Waals surface area contributed by atoms with Gasteiger partial charge in [-0.2, -0.15) is 0 Å². The maximum Gasteiger partial charge on any atom is 0.0503 e. The van der Waals surface area contributed by atoms with E-state index in [0.717, 1.165) is 26.2 Å². The van der Waals surface area contributed by atoms with E-state index in [1.165, 1.54) is 6.42 Å². The predicted molar refractivity (Wildman–Crippen MR) is 54.7 cm³/mol. The first-order chi connectivity index (χ1) is 6.10. The minimum atomic E-state index is 0.155. The van der Waals surface area contributed by atoms with Crippen molar-refractivity contribution in [3.05, 3.63) is 0 Å². The van der Waals surface area contributed by atoms with Crippen molar-refractivity contribution in [3.8, 4) is 0 Å². The van der Waals surface area contributed by atoms with Crippen molar-refractivity contribution in [2.24, 2.45) is 11.7 Å². The molecule has 0 saturated carbocycles. The fourth-order valence-corrected chi connectivity index (χ4v) is 1.88. The van der Waals surface area contributed by atoms with E-state index in [4.69, 9.17) is 10.5 Å². The Kier molecular flexibility index (Phi) is 3.71. The highest BCUT2D eigenvalue weighted by Gasteiger charge is 2.32. The molecular formula is C10H22N2O. The van der Waals surface area contributed by atoms with Crippen LogP contribution < -0.4 is 5.73 Å². The lowest BCUT2D eigenvalue weighted by atomic mass is 10.0. The van der Waals surface area contributed by atoms with Crippen LogP contribution in [0.5, 0.6) is 0 Å². The Labute approximate surface area is 81.2 Å². The van der Waals surface area contributed by atoms with Crippen molar-refractivity contribution < 1.29 is 4.74 Å². The summed E-state index contributed by atoms with van der Waals surface area (Å²) in [5.74, 6) is 0.704. The molecule has 0 amide bonds. The molecule has 1 rings (SSSR count). The molecule has 1 heterocycles. The molecule has 1 aliphatic heterocycles. The summed E-state index contributed by atoms with van der Waals surface area (Å²) >= 11 is 0. The van der Waals surface area contributed by atoms with Crippen molar-refractivity contribution in [1.29, 1.82) is 0 Å². The van der Waals surface area contributed by atoms with Crippen LogP contribution in [0.3, 0.4) is 0 Å². The molecule has 0 spiro atoms. The number of hydrogen-bond donors (Lipinski definition) is 1. The maximum absolute atomic E-state index is 5.73. The molecule has 0 aromatic carbocycles. The molecular weight excluding hydrogens is 164 g/mol. The highest BCUT2D eigenvalue weighted by Crippen LogP contribution is 2.23. The lowest BCUT2D eigenvalue weighted by molar-refractivity contribution is 0.126. The molecule has 1 saturated heterocycles. The summed E-state index contributed by atoms with van der Waals surface area (Å²) in [4.78, 5) is 2.47. The highest BCUT2D eigenvalue weighted by atomic mass is 16.5. The molecule has 1 fully saturated rings. The summed E-state index contributed by atoms with van der Waals surface area (Å²) in [6, 6.07) is 0. The molecule has 0 bridgehead atoms. The van der Waals surface area contributed by atoms with Crippen LogP contribution in [0, 0.1) is 5.92 Å². The van der Waals surface area contributed by atoms with Gasteiger partial charge in [-0.3, -0.25) is 4.90 Å². The topological polar surface area (TPSA) is 38.5 Å². The van der Waals surface area contributed by atoms with Gasteiger partial charge in [0.15, 0.2) is 0 Å². The number of rotatable bonds is 4. The Hall–Kier alpha value is -0.120. The molecule has 3 heteroatoms. The summed E-state index contributed by atoms with van der Waals surface area (Å²) in [6.07, 6.45) is 1.25. The fourth-order valence-electron chi connectivity index (χ4n) is 1.88. The Morgan fingerprint density at radius 2 is 2.23 bits per heavy atom. The Morgan fingerprint density at radius 3 is 2.77 bits per heavy atom. The van der Waals surface area contributed by atoms with Crippen LogP contribution >= 0.6 is 0 Å². The van der Waals surface area contributed by atoms with E-state index in [9.17, 15) is 0 Å². The van der Waals surface area contributed by atoms with Gasteiger partial charge in [-0.1, -0.05) is 0 Å². The molecule has 0 radical (unpaired) electrons.